The van der Waals surface area contributed by atoms with Crippen LogP contribution in [0.1, 0.15) is 32.6 Å². The molecule has 13 heteroatoms. The third kappa shape index (κ3) is 37.8. The van der Waals surface area contributed by atoms with Crippen molar-refractivity contribution in [3.8, 4) is 0 Å². The molecule has 0 atom stereocenters. The third-order valence-electron chi connectivity index (χ3n) is 5.04. The summed E-state index contributed by atoms with van der Waals surface area (Å²) in [4.78, 5) is 11.4. The predicted molar refractivity (Wildman–Crippen MR) is 162 cm³/mol. The highest BCUT2D eigenvalue weighted by Gasteiger charge is 2.02. The molecular weight excluding hydrogens is 655 g/mol. The van der Waals surface area contributed by atoms with Gasteiger partial charge >= 0.3 is 5.97 Å². The van der Waals surface area contributed by atoms with E-state index in [1.54, 1.807) is 0 Å². The molecule has 0 aromatic carbocycles. The predicted octanol–water partition coefficient (Wildman–Crippen LogP) is 2.71. The molecular formula is C28H55IO12. The molecule has 0 unspecified atom stereocenters. The van der Waals surface area contributed by atoms with E-state index >= 15 is 0 Å². The minimum absolute atomic E-state index is 0.157. The Morgan fingerprint density at radius 2 is 0.683 bits per heavy atom. The summed E-state index contributed by atoms with van der Waals surface area (Å²) in [6.45, 7) is 12.9. The van der Waals surface area contributed by atoms with E-state index in [-0.39, 0.29) is 12.6 Å². The van der Waals surface area contributed by atoms with Gasteiger partial charge in [0.2, 0.25) is 0 Å². The van der Waals surface area contributed by atoms with Crippen LogP contribution in [-0.2, 0) is 56.9 Å². The van der Waals surface area contributed by atoms with Crippen molar-refractivity contribution in [3.63, 3.8) is 0 Å². The number of rotatable bonds is 36. The molecule has 0 bridgehead atoms. The normalized spacial score (nSPS) is 11.4. The topological polar surface area (TPSA) is 119 Å². The summed E-state index contributed by atoms with van der Waals surface area (Å²) in [7, 11) is 0. The summed E-state index contributed by atoms with van der Waals surface area (Å²) in [6, 6.07) is 0. The van der Waals surface area contributed by atoms with Crippen LogP contribution in [-0.4, -0.2) is 149 Å². The first-order chi connectivity index (χ1) is 20.3. The van der Waals surface area contributed by atoms with Gasteiger partial charge in [-0.1, -0.05) is 42.4 Å². The molecule has 0 rings (SSSR count). The van der Waals surface area contributed by atoms with Crippen LogP contribution in [0.4, 0.5) is 0 Å². The van der Waals surface area contributed by atoms with Crippen molar-refractivity contribution in [2.24, 2.45) is 0 Å². The van der Waals surface area contributed by atoms with E-state index in [1.165, 1.54) is 0 Å². The van der Waals surface area contributed by atoms with Crippen LogP contribution in [0.5, 0.6) is 0 Å². The minimum Gasteiger partial charge on any atom is -0.463 e. The molecule has 0 spiro atoms. The molecule has 41 heavy (non-hydrogen) atoms. The molecule has 246 valence electrons. The first-order valence-corrected chi connectivity index (χ1v) is 16.3. The number of esters is 1. The van der Waals surface area contributed by atoms with E-state index in [1.807, 2.05) is 0 Å². The Bertz CT molecular complexity index is 505. The maximum Gasteiger partial charge on any atom is 0.305 e. The van der Waals surface area contributed by atoms with Gasteiger partial charge in [-0.05, 0) is 6.42 Å². The van der Waals surface area contributed by atoms with Gasteiger partial charge in [0.1, 0.15) is 6.61 Å². The quantitative estimate of drug-likeness (QED) is 0.0412. The Morgan fingerprint density at radius 1 is 0.415 bits per heavy atom. The maximum absolute atomic E-state index is 11.4. The van der Waals surface area contributed by atoms with Crippen molar-refractivity contribution in [2.45, 2.75) is 32.6 Å². The highest BCUT2D eigenvalue weighted by atomic mass is 127. The molecule has 0 aliphatic rings. The van der Waals surface area contributed by atoms with Crippen LogP contribution in [0.25, 0.3) is 0 Å². The summed E-state index contributed by atoms with van der Waals surface area (Å²) in [5, 5.41) is 0. The molecule has 0 aliphatic heterocycles. The zero-order valence-electron chi connectivity index (χ0n) is 25.2. The van der Waals surface area contributed by atoms with Crippen molar-refractivity contribution in [1.82, 2.24) is 0 Å². The second kappa shape index (κ2) is 37.8. The lowest BCUT2D eigenvalue weighted by atomic mass is 10.2. The van der Waals surface area contributed by atoms with Crippen molar-refractivity contribution < 1.29 is 56.9 Å². The number of hydrogen-bond acceptors (Lipinski definition) is 12. The number of hydrogen-bond donors (Lipinski definition) is 0. The van der Waals surface area contributed by atoms with Crippen LogP contribution in [0.3, 0.4) is 0 Å². The number of carbonyl (C=O) groups excluding carboxylic acids is 1. The van der Waals surface area contributed by atoms with E-state index in [2.05, 4.69) is 29.5 Å². The van der Waals surface area contributed by atoms with Gasteiger partial charge in [0.05, 0.1) is 132 Å². The van der Waals surface area contributed by atoms with E-state index in [9.17, 15) is 4.79 Å². The second-order valence-electron chi connectivity index (χ2n) is 8.49. The molecule has 0 amide bonds. The number of halogens is 1. The van der Waals surface area contributed by atoms with Gasteiger partial charge in [-0.15, -0.1) is 0 Å². The molecule has 12 nitrogen and oxygen atoms in total. The molecule has 0 aliphatic carbocycles. The third-order valence-corrected chi connectivity index (χ3v) is 5.49. The lowest BCUT2D eigenvalue weighted by Gasteiger charge is -2.09. The van der Waals surface area contributed by atoms with E-state index in [4.69, 9.17) is 52.1 Å². The standard InChI is InChI=1S/C28H55IO12/c1-2-3-4-5-28(30)41-27-26-40-25-24-39-23-22-38-21-20-37-19-18-36-17-16-35-15-14-34-13-12-33-11-10-32-9-8-31-7-6-29/h2-27H2,1H3. The zero-order valence-corrected chi connectivity index (χ0v) is 27.3. The highest BCUT2D eigenvalue weighted by Crippen LogP contribution is 2.00. The number of alkyl halides is 1. The van der Waals surface area contributed by atoms with Crippen molar-refractivity contribution in [3.05, 3.63) is 0 Å². The average molecular weight is 711 g/mol. The summed E-state index contributed by atoms with van der Waals surface area (Å²) < 4.78 is 60.3. The van der Waals surface area contributed by atoms with Gasteiger partial charge in [-0.3, -0.25) is 4.79 Å². The van der Waals surface area contributed by atoms with Crippen LogP contribution in [0.2, 0.25) is 0 Å². The summed E-state index contributed by atoms with van der Waals surface area (Å²) in [6.07, 6.45) is 3.50. The fourth-order valence-corrected chi connectivity index (χ4v) is 3.25. The van der Waals surface area contributed by atoms with E-state index in [0.717, 1.165) is 30.3 Å². The average Bonchev–Trinajstić information content (AvgIpc) is 2.98. The molecule has 0 heterocycles. The Kier molecular flexibility index (Phi) is 37.6. The molecule has 0 radical (unpaired) electrons. The first-order valence-electron chi connectivity index (χ1n) is 14.8. The zero-order chi connectivity index (χ0) is 29.7. The largest absolute Gasteiger partial charge is 0.463 e. The van der Waals surface area contributed by atoms with Gasteiger partial charge in [-0.25, -0.2) is 0 Å². The SMILES string of the molecule is CCCCCC(=O)OCCOCCOCCOCCOCCOCCOCCOCCOCCOCCOCCI. The van der Waals surface area contributed by atoms with Crippen molar-refractivity contribution >= 4 is 28.6 Å². The van der Waals surface area contributed by atoms with Gasteiger partial charge in [0.25, 0.3) is 0 Å². The van der Waals surface area contributed by atoms with Crippen molar-refractivity contribution in [2.75, 3.05) is 143 Å². The monoisotopic (exact) mass is 710 g/mol. The Morgan fingerprint density at radius 3 is 0.951 bits per heavy atom. The highest BCUT2D eigenvalue weighted by molar-refractivity contribution is 14.1. The van der Waals surface area contributed by atoms with Gasteiger partial charge in [0.15, 0.2) is 0 Å². The number of carbonyl (C=O) groups is 1. The van der Waals surface area contributed by atoms with Crippen molar-refractivity contribution in [1.29, 1.82) is 0 Å². The minimum atomic E-state index is -0.157. The van der Waals surface area contributed by atoms with Crippen LogP contribution in [0, 0.1) is 0 Å². The smallest absolute Gasteiger partial charge is 0.305 e. The van der Waals surface area contributed by atoms with Gasteiger partial charge < -0.3 is 52.1 Å². The summed E-state index contributed by atoms with van der Waals surface area (Å²) in [5.74, 6) is -0.157. The van der Waals surface area contributed by atoms with Crippen LogP contribution in [0.15, 0.2) is 0 Å². The molecule has 0 saturated carbocycles. The summed E-state index contributed by atoms with van der Waals surface area (Å²) >= 11 is 2.28. The Balaban J connectivity index is 3.06. The molecule has 0 aromatic heterocycles. The molecule has 0 fully saturated rings. The van der Waals surface area contributed by atoms with Crippen LogP contribution < -0.4 is 0 Å². The number of unbranched alkanes of at least 4 members (excludes halogenated alkanes) is 2. The molecule has 0 aromatic rings. The second-order valence-corrected chi connectivity index (χ2v) is 9.57. The molecule has 0 saturated heterocycles. The maximum atomic E-state index is 11.4. The first kappa shape index (κ1) is 40.8. The fourth-order valence-electron chi connectivity index (χ4n) is 2.94. The fraction of sp³-hybridized carbons (Fsp3) is 0.964. The number of ether oxygens (including phenoxy) is 11. The lowest BCUT2D eigenvalue weighted by molar-refractivity contribution is -0.145. The Labute approximate surface area is 260 Å². The van der Waals surface area contributed by atoms with Gasteiger partial charge in [-0.2, -0.15) is 0 Å². The summed E-state index contributed by atoms with van der Waals surface area (Å²) in [5.41, 5.74) is 0. The van der Waals surface area contributed by atoms with Crippen LogP contribution >= 0.6 is 22.6 Å². The lowest BCUT2D eigenvalue weighted by Crippen LogP contribution is -2.15. The molecule has 0 N–H and O–H groups in total. The van der Waals surface area contributed by atoms with E-state index < -0.39 is 0 Å². The van der Waals surface area contributed by atoms with E-state index in [0.29, 0.717) is 132 Å². The Hall–Kier alpha value is -0.200. The van der Waals surface area contributed by atoms with Gasteiger partial charge in [0, 0.05) is 10.8 Å².